The van der Waals surface area contributed by atoms with Crippen LogP contribution in [0.1, 0.15) is 31.4 Å². The molecule has 1 heterocycles. The Hall–Kier alpha value is -2.40. The minimum Gasteiger partial charge on any atom is -0.385 e. The maximum atomic E-state index is 13.3. The quantitative estimate of drug-likeness (QED) is 0.473. The number of nitrogens with zero attached hydrogens (tertiary/aromatic N) is 1. The number of hydrogen-bond donors (Lipinski definition) is 2. The van der Waals surface area contributed by atoms with Gasteiger partial charge in [-0.3, -0.25) is 0 Å². The first kappa shape index (κ1) is 19.9. The third-order valence-electron chi connectivity index (χ3n) is 5.61. The number of nitrogens with one attached hydrogen (secondary N) is 2. The minimum absolute atomic E-state index is 0.00603. The van der Waals surface area contributed by atoms with Gasteiger partial charge in [0, 0.05) is 35.7 Å². The predicted octanol–water partition coefficient (Wildman–Crippen LogP) is 6.94. The van der Waals surface area contributed by atoms with Crippen LogP contribution in [0.25, 0.3) is 22.6 Å². The van der Waals surface area contributed by atoms with Gasteiger partial charge in [0.15, 0.2) is 0 Å². The van der Waals surface area contributed by atoms with E-state index in [1.54, 1.807) is 0 Å². The van der Waals surface area contributed by atoms with Gasteiger partial charge in [0.1, 0.15) is 5.82 Å². The van der Waals surface area contributed by atoms with Crippen LogP contribution in [-0.2, 0) is 0 Å². The van der Waals surface area contributed by atoms with Crippen LogP contribution in [0.4, 0.5) is 14.5 Å². The van der Waals surface area contributed by atoms with Gasteiger partial charge in [-0.1, -0.05) is 23.7 Å². The third-order valence-corrected chi connectivity index (χ3v) is 5.86. The molecular weight excluding hydrogens is 392 g/mol. The average Bonchev–Trinajstić information content (AvgIpc) is 3.10. The molecule has 2 N–H and O–H groups in total. The van der Waals surface area contributed by atoms with E-state index in [-0.39, 0.29) is 12.8 Å². The van der Waals surface area contributed by atoms with Crippen LogP contribution in [0.2, 0.25) is 5.02 Å². The molecule has 3 aromatic rings. The lowest BCUT2D eigenvalue weighted by molar-refractivity contribution is -0.0443. The summed E-state index contributed by atoms with van der Waals surface area (Å²) in [7, 11) is 0. The van der Waals surface area contributed by atoms with Crippen molar-refractivity contribution in [2.24, 2.45) is 5.92 Å². The van der Waals surface area contributed by atoms with Gasteiger partial charge in [0.25, 0.3) is 0 Å². The molecule has 0 radical (unpaired) electrons. The molecule has 1 fully saturated rings. The Balaban J connectivity index is 1.40. The van der Waals surface area contributed by atoms with Crippen LogP contribution >= 0.6 is 11.6 Å². The zero-order valence-electron chi connectivity index (χ0n) is 16.3. The van der Waals surface area contributed by atoms with Crippen molar-refractivity contribution in [1.29, 1.82) is 0 Å². The SMILES string of the molecule is Cc1nc(-c2ccc(NCC3CCC(F)(F)CC3)cc2)[nH]c1-c1ccc(Cl)cc1. The molecule has 0 spiro atoms. The lowest BCUT2D eigenvalue weighted by Gasteiger charge is -2.28. The van der Waals surface area contributed by atoms with Crippen molar-refractivity contribution in [3.8, 4) is 22.6 Å². The molecule has 0 atom stereocenters. The number of alkyl halides is 2. The Labute approximate surface area is 174 Å². The molecule has 0 amide bonds. The van der Waals surface area contributed by atoms with E-state index >= 15 is 0 Å². The van der Waals surface area contributed by atoms with E-state index in [2.05, 4.69) is 15.3 Å². The number of halogens is 3. The second-order valence-corrected chi connectivity index (χ2v) is 8.25. The fourth-order valence-electron chi connectivity index (χ4n) is 3.81. The molecule has 0 aliphatic heterocycles. The van der Waals surface area contributed by atoms with Crippen LogP contribution in [0.5, 0.6) is 0 Å². The number of H-pyrrole nitrogens is 1. The number of rotatable bonds is 5. The topological polar surface area (TPSA) is 40.7 Å². The van der Waals surface area contributed by atoms with Gasteiger partial charge >= 0.3 is 0 Å². The molecule has 1 aliphatic rings. The van der Waals surface area contributed by atoms with Crippen molar-refractivity contribution in [3.05, 3.63) is 59.2 Å². The fraction of sp³-hybridized carbons (Fsp3) is 0.348. The molecule has 0 unspecified atom stereocenters. The summed E-state index contributed by atoms with van der Waals surface area (Å²) in [5, 5.41) is 4.08. The highest BCUT2D eigenvalue weighted by molar-refractivity contribution is 6.30. The molecule has 1 saturated carbocycles. The molecule has 29 heavy (non-hydrogen) atoms. The molecule has 0 bridgehead atoms. The van der Waals surface area contributed by atoms with E-state index in [4.69, 9.17) is 11.6 Å². The summed E-state index contributed by atoms with van der Waals surface area (Å²) in [6, 6.07) is 15.7. The number of hydrogen-bond acceptors (Lipinski definition) is 2. The lowest BCUT2D eigenvalue weighted by Crippen LogP contribution is -2.28. The summed E-state index contributed by atoms with van der Waals surface area (Å²) >= 11 is 5.98. The Morgan fingerprint density at radius 2 is 1.66 bits per heavy atom. The number of aromatic nitrogens is 2. The number of anilines is 1. The summed E-state index contributed by atoms with van der Waals surface area (Å²) in [5.74, 6) is -1.35. The van der Waals surface area contributed by atoms with E-state index in [1.165, 1.54) is 0 Å². The van der Waals surface area contributed by atoms with Crippen molar-refractivity contribution in [2.75, 3.05) is 11.9 Å². The summed E-state index contributed by atoms with van der Waals surface area (Å²) in [6.45, 7) is 2.71. The molecule has 1 aromatic heterocycles. The van der Waals surface area contributed by atoms with Crippen molar-refractivity contribution < 1.29 is 8.78 Å². The highest BCUT2D eigenvalue weighted by Gasteiger charge is 2.34. The van der Waals surface area contributed by atoms with E-state index < -0.39 is 5.92 Å². The predicted molar refractivity (Wildman–Crippen MR) is 115 cm³/mol. The second-order valence-electron chi connectivity index (χ2n) is 7.81. The minimum atomic E-state index is -2.47. The first-order valence-electron chi connectivity index (χ1n) is 9.94. The van der Waals surface area contributed by atoms with Crippen molar-refractivity contribution in [3.63, 3.8) is 0 Å². The van der Waals surface area contributed by atoms with Gasteiger partial charge in [-0.15, -0.1) is 0 Å². The Bertz CT molecular complexity index is 955. The van der Waals surface area contributed by atoms with Crippen LogP contribution in [0.15, 0.2) is 48.5 Å². The van der Waals surface area contributed by atoms with Gasteiger partial charge in [0.2, 0.25) is 5.92 Å². The highest BCUT2D eigenvalue weighted by Crippen LogP contribution is 2.36. The number of aromatic amines is 1. The number of benzene rings is 2. The third kappa shape index (κ3) is 4.78. The van der Waals surface area contributed by atoms with Crippen LogP contribution in [0.3, 0.4) is 0 Å². The Morgan fingerprint density at radius 1 is 1.03 bits per heavy atom. The fourth-order valence-corrected chi connectivity index (χ4v) is 3.93. The smallest absolute Gasteiger partial charge is 0.248 e. The monoisotopic (exact) mass is 415 g/mol. The second kappa shape index (κ2) is 8.15. The number of aryl methyl sites for hydroxylation is 1. The van der Waals surface area contributed by atoms with E-state index in [0.717, 1.165) is 40.6 Å². The highest BCUT2D eigenvalue weighted by atomic mass is 35.5. The Morgan fingerprint density at radius 3 is 2.31 bits per heavy atom. The zero-order valence-corrected chi connectivity index (χ0v) is 17.1. The largest absolute Gasteiger partial charge is 0.385 e. The van der Waals surface area contributed by atoms with Crippen molar-refractivity contribution in [1.82, 2.24) is 9.97 Å². The first-order chi connectivity index (χ1) is 13.9. The summed E-state index contributed by atoms with van der Waals surface area (Å²) in [6.07, 6.45) is 1.17. The molecule has 152 valence electrons. The lowest BCUT2D eigenvalue weighted by atomic mass is 9.87. The van der Waals surface area contributed by atoms with E-state index in [1.807, 2.05) is 55.5 Å². The Kier molecular flexibility index (Phi) is 5.59. The average molecular weight is 416 g/mol. The zero-order chi connectivity index (χ0) is 20.4. The number of imidazole rings is 1. The summed E-state index contributed by atoms with van der Waals surface area (Å²) in [4.78, 5) is 8.06. The summed E-state index contributed by atoms with van der Waals surface area (Å²) < 4.78 is 26.5. The molecule has 2 aromatic carbocycles. The van der Waals surface area contributed by atoms with Gasteiger partial charge in [-0.25, -0.2) is 13.8 Å². The van der Waals surface area contributed by atoms with Crippen molar-refractivity contribution >= 4 is 17.3 Å². The van der Waals surface area contributed by atoms with Crippen LogP contribution in [0, 0.1) is 12.8 Å². The summed E-state index contributed by atoms with van der Waals surface area (Å²) in [5.41, 5.74) is 4.94. The molecule has 1 aliphatic carbocycles. The van der Waals surface area contributed by atoms with Gasteiger partial charge in [-0.2, -0.15) is 0 Å². The molecule has 6 heteroatoms. The first-order valence-corrected chi connectivity index (χ1v) is 10.3. The van der Waals surface area contributed by atoms with Gasteiger partial charge in [0.05, 0.1) is 11.4 Å². The standard InChI is InChI=1S/C23H24ClF2N3/c1-15-21(17-2-6-19(24)7-3-17)29-22(28-15)18-4-8-20(9-5-18)27-14-16-10-12-23(25,26)13-11-16/h2-9,16,27H,10-14H2,1H3,(H,28,29). The molecular formula is C23H24ClF2N3. The van der Waals surface area contributed by atoms with Crippen LogP contribution < -0.4 is 5.32 Å². The van der Waals surface area contributed by atoms with Gasteiger partial charge < -0.3 is 10.3 Å². The molecule has 3 nitrogen and oxygen atoms in total. The van der Waals surface area contributed by atoms with Crippen molar-refractivity contribution in [2.45, 2.75) is 38.5 Å². The van der Waals surface area contributed by atoms with Gasteiger partial charge in [-0.05, 0) is 67.6 Å². The van der Waals surface area contributed by atoms with Crippen LogP contribution in [-0.4, -0.2) is 22.4 Å². The normalized spacial score (nSPS) is 16.7. The molecule has 4 rings (SSSR count). The molecule has 0 saturated heterocycles. The maximum absolute atomic E-state index is 13.3. The van der Waals surface area contributed by atoms with E-state index in [9.17, 15) is 8.78 Å². The van der Waals surface area contributed by atoms with E-state index in [0.29, 0.717) is 23.8 Å². The maximum Gasteiger partial charge on any atom is 0.248 e.